The molecule has 0 saturated carbocycles. The van der Waals surface area contributed by atoms with Gasteiger partial charge in [-0.15, -0.1) is 0 Å². The third kappa shape index (κ3) is 5.72. The lowest BCUT2D eigenvalue weighted by Gasteiger charge is -2.16. The van der Waals surface area contributed by atoms with Crippen LogP contribution in [0.5, 0.6) is 0 Å². The molecule has 8 nitrogen and oxygen atoms in total. The molecule has 2 aromatic carbocycles. The molecule has 0 bridgehead atoms. The van der Waals surface area contributed by atoms with Gasteiger partial charge in [-0.3, -0.25) is 14.4 Å². The van der Waals surface area contributed by atoms with E-state index in [1.165, 1.54) is 7.11 Å². The van der Waals surface area contributed by atoms with Crippen LogP contribution in [-0.4, -0.2) is 48.8 Å². The number of ether oxygens (including phenoxy) is 1. The normalized spacial score (nSPS) is 15.4. The summed E-state index contributed by atoms with van der Waals surface area (Å²) in [7, 11) is 1.31. The second-order valence-electron chi connectivity index (χ2n) is 7.68. The van der Waals surface area contributed by atoms with E-state index in [-0.39, 0.29) is 30.1 Å². The van der Waals surface area contributed by atoms with Crippen LogP contribution < -0.4 is 10.6 Å². The Hall–Kier alpha value is -3.68. The van der Waals surface area contributed by atoms with E-state index in [0.717, 1.165) is 12.8 Å². The van der Waals surface area contributed by atoms with Gasteiger partial charge in [-0.25, -0.2) is 4.79 Å². The van der Waals surface area contributed by atoms with Crippen LogP contribution in [0.25, 0.3) is 0 Å². The number of carbonyl (C=O) groups excluding carboxylic acids is 4. The van der Waals surface area contributed by atoms with Crippen LogP contribution in [0, 0.1) is 5.92 Å². The molecule has 1 heterocycles. The minimum absolute atomic E-state index is 0.0187. The Morgan fingerprint density at radius 1 is 0.969 bits per heavy atom. The van der Waals surface area contributed by atoms with Crippen molar-refractivity contribution in [2.24, 2.45) is 5.92 Å². The van der Waals surface area contributed by atoms with Gasteiger partial charge in [0.15, 0.2) is 0 Å². The number of likely N-dealkylation sites (tertiary alicyclic amines) is 1. The Morgan fingerprint density at radius 2 is 1.56 bits per heavy atom. The van der Waals surface area contributed by atoms with Gasteiger partial charge in [0.05, 0.1) is 18.6 Å². The molecule has 1 aliphatic heterocycles. The van der Waals surface area contributed by atoms with Crippen molar-refractivity contribution >= 4 is 35.1 Å². The summed E-state index contributed by atoms with van der Waals surface area (Å²) in [4.78, 5) is 50.3. The summed E-state index contributed by atoms with van der Waals surface area (Å²) in [6.07, 6.45) is 2.16. The topological polar surface area (TPSA) is 105 Å². The predicted molar refractivity (Wildman–Crippen MR) is 120 cm³/mol. The maximum atomic E-state index is 12.5. The van der Waals surface area contributed by atoms with E-state index in [4.69, 9.17) is 0 Å². The van der Waals surface area contributed by atoms with Gasteiger partial charge in [0.2, 0.25) is 11.8 Å². The zero-order valence-electron chi connectivity index (χ0n) is 18.2. The Labute approximate surface area is 186 Å². The molecule has 168 valence electrons. The van der Waals surface area contributed by atoms with Crippen LogP contribution in [0.1, 0.15) is 46.9 Å². The fourth-order valence-corrected chi connectivity index (χ4v) is 3.47. The van der Waals surface area contributed by atoms with Crippen molar-refractivity contribution in [3.05, 3.63) is 59.7 Å². The molecule has 3 amide bonds. The summed E-state index contributed by atoms with van der Waals surface area (Å²) in [5.74, 6) is -1.31. The first-order valence-electron chi connectivity index (χ1n) is 10.6. The molecule has 2 aromatic rings. The molecule has 0 aliphatic carbocycles. The number of rotatable bonds is 8. The van der Waals surface area contributed by atoms with Crippen LogP contribution in [-0.2, 0) is 14.3 Å². The van der Waals surface area contributed by atoms with E-state index < -0.39 is 5.97 Å². The molecule has 1 aliphatic rings. The number of hydrogen-bond donors (Lipinski definition) is 2. The maximum absolute atomic E-state index is 12.5. The highest BCUT2D eigenvalue weighted by molar-refractivity contribution is 6.05. The predicted octanol–water partition coefficient (Wildman–Crippen LogP) is 3.31. The van der Waals surface area contributed by atoms with Crippen molar-refractivity contribution < 1.29 is 23.9 Å². The smallest absolute Gasteiger partial charge is 0.337 e. The fourth-order valence-electron chi connectivity index (χ4n) is 3.47. The van der Waals surface area contributed by atoms with Gasteiger partial charge in [-0.05, 0) is 55.0 Å². The van der Waals surface area contributed by atoms with E-state index in [9.17, 15) is 19.2 Å². The van der Waals surface area contributed by atoms with E-state index in [1.54, 1.807) is 53.4 Å². The number of anilines is 2. The number of nitrogens with one attached hydrogen (secondary N) is 2. The quantitative estimate of drug-likeness (QED) is 0.617. The van der Waals surface area contributed by atoms with Gasteiger partial charge in [0, 0.05) is 36.4 Å². The minimum Gasteiger partial charge on any atom is -0.465 e. The summed E-state index contributed by atoms with van der Waals surface area (Å²) < 4.78 is 4.65. The molecule has 2 N–H and O–H groups in total. The summed E-state index contributed by atoms with van der Waals surface area (Å²) in [6, 6.07) is 12.9. The highest BCUT2D eigenvalue weighted by Crippen LogP contribution is 2.21. The van der Waals surface area contributed by atoms with E-state index in [1.807, 2.05) is 0 Å². The third-order valence-electron chi connectivity index (χ3n) is 5.35. The molecule has 32 heavy (non-hydrogen) atoms. The highest BCUT2D eigenvalue weighted by atomic mass is 16.5. The molecular weight excluding hydrogens is 410 g/mol. The molecule has 0 unspecified atom stereocenters. The molecule has 8 heteroatoms. The van der Waals surface area contributed by atoms with Crippen molar-refractivity contribution in [1.82, 2.24) is 4.90 Å². The van der Waals surface area contributed by atoms with Gasteiger partial charge in [0.25, 0.3) is 5.91 Å². The zero-order chi connectivity index (χ0) is 23.1. The molecule has 3 rings (SSSR count). The number of nitrogens with zero attached hydrogens (tertiary/aromatic N) is 1. The molecule has 1 atom stereocenters. The first kappa shape index (κ1) is 23.0. The number of hydrogen-bond acceptors (Lipinski definition) is 5. The number of methoxy groups -OCH3 is 1. The molecule has 0 radical (unpaired) electrons. The van der Waals surface area contributed by atoms with Crippen molar-refractivity contribution in [2.75, 3.05) is 30.8 Å². The first-order valence-corrected chi connectivity index (χ1v) is 10.6. The van der Waals surface area contributed by atoms with Crippen molar-refractivity contribution in [2.45, 2.75) is 26.2 Å². The van der Waals surface area contributed by atoms with Gasteiger partial charge in [0.1, 0.15) is 0 Å². The Balaban J connectivity index is 1.54. The summed E-state index contributed by atoms with van der Waals surface area (Å²) in [5, 5.41) is 5.58. The lowest BCUT2D eigenvalue weighted by molar-refractivity contribution is -0.128. The Bertz CT molecular complexity index is 986. The van der Waals surface area contributed by atoms with Gasteiger partial charge in [-0.1, -0.05) is 13.3 Å². The standard InChI is InChI=1S/C24H27N3O5/c1-3-4-13-27-15-18(14-21(27)28)23(30)26-19-9-5-16(6-10-19)22(29)25-20-11-7-17(8-12-20)24(31)32-2/h5-12,18H,3-4,13-15H2,1-2H3,(H,25,29)(H,26,30)/t18-/m0/s1. The average Bonchev–Trinajstić information content (AvgIpc) is 3.18. The van der Waals surface area contributed by atoms with Gasteiger partial charge >= 0.3 is 5.97 Å². The lowest BCUT2D eigenvalue weighted by Crippen LogP contribution is -2.29. The minimum atomic E-state index is -0.448. The molecule has 0 spiro atoms. The largest absolute Gasteiger partial charge is 0.465 e. The molecule has 1 saturated heterocycles. The van der Waals surface area contributed by atoms with Gasteiger partial charge in [-0.2, -0.15) is 0 Å². The maximum Gasteiger partial charge on any atom is 0.337 e. The van der Waals surface area contributed by atoms with Crippen LogP contribution in [0.2, 0.25) is 0 Å². The summed E-state index contributed by atoms with van der Waals surface area (Å²) in [5.41, 5.74) is 1.91. The van der Waals surface area contributed by atoms with Gasteiger partial charge < -0.3 is 20.3 Å². The third-order valence-corrected chi connectivity index (χ3v) is 5.35. The molecule has 0 aromatic heterocycles. The zero-order valence-corrected chi connectivity index (χ0v) is 18.2. The van der Waals surface area contributed by atoms with E-state index >= 15 is 0 Å². The molecule has 1 fully saturated rings. The van der Waals surface area contributed by atoms with Crippen LogP contribution >= 0.6 is 0 Å². The lowest BCUT2D eigenvalue weighted by atomic mass is 10.1. The fraction of sp³-hybridized carbons (Fsp3) is 0.333. The second-order valence-corrected chi connectivity index (χ2v) is 7.68. The van der Waals surface area contributed by atoms with E-state index in [2.05, 4.69) is 22.3 Å². The number of benzene rings is 2. The first-order chi connectivity index (χ1) is 15.4. The number of unbranched alkanes of at least 4 members (excludes halogenated alkanes) is 1. The van der Waals surface area contributed by atoms with Crippen LogP contribution in [0.3, 0.4) is 0 Å². The monoisotopic (exact) mass is 437 g/mol. The van der Waals surface area contributed by atoms with Crippen LogP contribution in [0.15, 0.2) is 48.5 Å². The van der Waals surface area contributed by atoms with E-state index in [0.29, 0.717) is 35.6 Å². The number of carbonyl (C=O) groups is 4. The summed E-state index contributed by atoms with van der Waals surface area (Å²) in [6.45, 7) is 3.20. The van der Waals surface area contributed by atoms with Crippen molar-refractivity contribution in [1.29, 1.82) is 0 Å². The number of esters is 1. The number of amides is 3. The highest BCUT2D eigenvalue weighted by Gasteiger charge is 2.33. The summed E-state index contributed by atoms with van der Waals surface area (Å²) >= 11 is 0. The average molecular weight is 437 g/mol. The SMILES string of the molecule is CCCCN1C[C@@H](C(=O)Nc2ccc(C(=O)Nc3ccc(C(=O)OC)cc3)cc2)CC1=O. The van der Waals surface area contributed by atoms with Crippen LogP contribution in [0.4, 0.5) is 11.4 Å². The van der Waals surface area contributed by atoms with Crippen molar-refractivity contribution in [3.8, 4) is 0 Å². The van der Waals surface area contributed by atoms with Crippen molar-refractivity contribution in [3.63, 3.8) is 0 Å². The second kappa shape index (κ2) is 10.6. The molecular formula is C24H27N3O5. The Kier molecular flexibility index (Phi) is 7.59. The Morgan fingerprint density at radius 3 is 2.16 bits per heavy atom.